The average Bonchev–Trinajstić information content (AvgIpc) is 3.49. The van der Waals surface area contributed by atoms with Gasteiger partial charge in [0.1, 0.15) is 6.61 Å². The van der Waals surface area contributed by atoms with E-state index in [0.717, 1.165) is 22.3 Å². The van der Waals surface area contributed by atoms with Crippen molar-refractivity contribution in [2.75, 3.05) is 19.7 Å². The predicted octanol–water partition coefficient (Wildman–Crippen LogP) is 2.89. The molecule has 3 N–H and O–H groups in total. The number of amides is 2. The number of carbonyl (C=O) groups excluding carboxylic acids is 2. The molecule has 0 spiro atoms. The average molecular weight is 465 g/mol. The highest BCUT2D eigenvalue weighted by atomic mass is 16.5. The molecule has 1 saturated heterocycles. The zero-order valence-electron chi connectivity index (χ0n) is 18.8. The second-order valence-corrected chi connectivity index (χ2v) is 9.66. The molecule has 2 aliphatic carbocycles. The standard InChI is InChI=1S/C26H28N2O6/c29-22(28-13-5-10-26(33,16-28)23(30)31)14-25(11-12-25)27-24(32)34-15-21-19-8-3-1-6-17(19)18-7-2-4-9-20(18)21/h1-4,6-9,21,33H,5,10-16H2,(H,27,32)(H,30,31). The van der Waals surface area contributed by atoms with Crippen LogP contribution in [0.5, 0.6) is 0 Å². The van der Waals surface area contributed by atoms with E-state index < -0.39 is 23.2 Å². The molecular weight excluding hydrogens is 436 g/mol. The summed E-state index contributed by atoms with van der Waals surface area (Å²) in [5.74, 6) is -1.63. The number of carboxylic acids is 1. The summed E-state index contributed by atoms with van der Waals surface area (Å²) in [4.78, 5) is 38.2. The van der Waals surface area contributed by atoms with Crippen LogP contribution in [0.4, 0.5) is 4.79 Å². The van der Waals surface area contributed by atoms with Crippen molar-refractivity contribution in [3.63, 3.8) is 0 Å². The molecule has 0 bridgehead atoms. The normalized spacial score (nSPS) is 22.4. The lowest BCUT2D eigenvalue weighted by Gasteiger charge is -2.37. The number of benzene rings is 2. The molecule has 1 atom stereocenters. The number of hydrogen-bond donors (Lipinski definition) is 3. The molecule has 1 heterocycles. The third-order valence-electron chi connectivity index (χ3n) is 7.28. The first-order valence-electron chi connectivity index (χ1n) is 11.7. The zero-order valence-corrected chi connectivity index (χ0v) is 18.8. The highest BCUT2D eigenvalue weighted by molar-refractivity contribution is 5.83. The summed E-state index contributed by atoms with van der Waals surface area (Å²) in [6.07, 6.45) is 1.34. The zero-order chi connectivity index (χ0) is 23.9. The van der Waals surface area contributed by atoms with Gasteiger partial charge in [0.2, 0.25) is 5.91 Å². The van der Waals surface area contributed by atoms with Gasteiger partial charge in [-0.2, -0.15) is 0 Å². The highest BCUT2D eigenvalue weighted by Crippen LogP contribution is 2.45. The molecule has 0 aromatic heterocycles. The summed E-state index contributed by atoms with van der Waals surface area (Å²) in [6.45, 7) is 0.360. The number of carbonyl (C=O) groups is 3. The van der Waals surface area contributed by atoms with Gasteiger partial charge in [-0.1, -0.05) is 48.5 Å². The second kappa shape index (κ2) is 8.43. The Morgan fingerprint density at radius 2 is 1.62 bits per heavy atom. The van der Waals surface area contributed by atoms with Crippen LogP contribution in [0.15, 0.2) is 48.5 Å². The van der Waals surface area contributed by atoms with Crippen LogP contribution in [0.3, 0.4) is 0 Å². The van der Waals surface area contributed by atoms with Crippen molar-refractivity contribution >= 4 is 18.0 Å². The fourth-order valence-electron chi connectivity index (χ4n) is 5.17. The topological polar surface area (TPSA) is 116 Å². The highest BCUT2D eigenvalue weighted by Gasteiger charge is 2.49. The smallest absolute Gasteiger partial charge is 0.407 e. The largest absolute Gasteiger partial charge is 0.479 e. The lowest BCUT2D eigenvalue weighted by molar-refractivity contribution is -0.166. The van der Waals surface area contributed by atoms with Crippen LogP contribution in [0.1, 0.15) is 49.1 Å². The van der Waals surface area contributed by atoms with Crippen molar-refractivity contribution in [3.8, 4) is 11.1 Å². The quantitative estimate of drug-likeness (QED) is 0.605. The van der Waals surface area contributed by atoms with Crippen LogP contribution < -0.4 is 5.32 Å². The minimum atomic E-state index is -1.91. The van der Waals surface area contributed by atoms with Crippen molar-refractivity contribution in [1.82, 2.24) is 10.2 Å². The third kappa shape index (κ3) is 4.14. The Kier molecular flexibility index (Phi) is 5.56. The van der Waals surface area contributed by atoms with E-state index >= 15 is 0 Å². The van der Waals surface area contributed by atoms with Crippen molar-refractivity contribution in [2.24, 2.45) is 0 Å². The van der Waals surface area contributed by atoms with Gasteiger partial charge >= 0.3 is 12.1 Å². The van der Waals surface area contributed by atoms with E-state index in [1.807, 2.05) is 24.3 Å². The van der Waals surface area contributed by atoms with E-state index in [9.17, 15) is 24.6 Å². The maximum atomic E-state index is 12.8. The Bertz CT molecular complexity index is 1100. The monoisotopic (exact) mass is 464 g/mol. The molecule has 2 aromatic carbocycles. The van der Waals surface area contributed by atoms with E-state index in [2.05, 4.69) is 29.6 Å². The lowest BCUT2D eigenvalue weighted by atomic mass is 9.92. The number of alkyl carbamates (subject to hydrolysis) is 1. The number of nitrogens with zero attached hydrogens (tertiary/aromatic N) is 1. The van der Waals surface area contributed by atoms with Crippen molar-refractivity contribution in [1.29, 1.82) is 0 Å². The number of likely N-dealkylation sites (tertiary alicyclic amines) is 1. The predicted molar refractivity (Wildman–Crippen MR) is 123 cm³/mol. The number of nitrogens with one attached hydrogen (secondary N) is 1. The molecule has 5 rings (SSSR count). The molecule has 34 heavy (non-hydrogen) atoms. The van der Waals surface area contributed by atoms with Crippen LogP contribution >= 0.6 is 0 Å². The van der Waals surface area contributed by atoms with Crippen LogP contribution in [-0.2, 0) is 14.3 Å². The Morgan fingerprint density at radius 3 is 2.21 bits per heavy atom. The minimum Gasteiger partial charge on any atom is -0.479 e. The number of aliphatic carboxylic acids is 1. The van der Waals surface area contributed by atoms with Gasteiger partial charge in [0, 0.05) is 12.5 Å². The first-order valence-corrected chi connectivity index (χ1v) is 11.7. The van der Waals surface area contributed by atoms with Gasteiger partial charge in [0.05, 0.1) is 18.5 Å². The van der Waals surface area contributed by atoms with Gasteiger partial charge in [0.15, 0.2) is 5.60 Å². The molecular formula is C26H28N2O6. The molecule has 1 saturated carbocycles. The molecule has 8 heteroatoms. The first kappa shape index (κ1) is 22.4. The molecule has 3 aliphatic rings. The van der Waals surface area contributed by atoms with Crippen molar-refractivity contribution < 1.29 is 29.3 Å². The van der Waals surface area contributed by atoms with E-state index in [1.165, 1.54) is 4.90 Å². The van der Waals surface area contributed by atoms with E-state index in [-0.39, 0.29) is 37.8 Å². The van der Waals surface area contributed by atoms with Crippen LogP contribution in [-0.4, -0.2) is 63.9 Å². The second-order valence-electron chi connectivity index (χ2n) is 9.66. The number of fused-ring (bicyclic) bond motifs is 3. The maximum Gasteiger partial charge on any atom is 0.407 e. The SMILES string of the molecule is O=C(NC1(CC(=O)N2CCCC(O)(C(=O)O)C2)CC1)OCC1c2ccccc2-c2ccccc21. The third-order valence-corrected chi connectivity index (χ3v) is 7.28. The van der Waals surface area contributed by atoms with Gasteiger partial charge in [-0.15, -0.1) is 0 Å². The van der Waals surface area contributed by atoms with Gasteiger partial charge in [-0.05, 0) is 47.9 Å². The number of carboxylic acid groups (broad SMARTS) is 1. The van der Waals surface area contributed by atoms with E-state index in [0.29, 0.717) is 25.8 Å². The molecule has 2 amide bonds. The molecule has 2 fully saturated rings. The molecule has 1 aliphatic heterocycles. The molecule has 8 nitrogen and oxygen atoms in total. The summed E-state index contributed by atoms with van der Waals surface area (Å²) in [5.41, 5.74) is 1.98. The Labute approximate surface area is 197 Å². The number of β-amino-alcohol motifs (C(OH)–C–C–N with tert-alkyl or cyclic N) is 1. The molecule has 1 unspecified atom stereocenters. The molecule has 0 radical (unpaired) electrons. The summed E-state index contributed by atoms with van der Waals surface area (Å²) in [7, 11) is 0. The van der Waals surface area contributed by atoms with Crippen LogP contribution in [0.25, 0.3) is 11.1 Å². The number of piperidine rings is 1. The van der Waals surface area contributed by atoms with Gasteiger partial charge in [-0.25, -0.2) is 9.59 Å². The first-order chi connectivity index (χ1) is 16.3. The van der Waals surface area contributed by atoms with Crippen LogP contribution in [0.2, 0.25) is 0 Å². The summed E-state index contributed by atoms with van der Waals surface area (Å²) in [5, 5.41) is 22.4. The number of rotatable bonds is 6. The molecule has 178 valence electrons. The lowest BCUT2D eigenvalue weighted by Crippen LogP contribution is -2.55. The fourth-order valence-corrected chi connectivity index (χ4v) is 5.17. The van der Waals surface area contributed by atoms with Crippen molar-refractivity contribution in [2.45, 2.75) is 49.2 Å². The van der Waals surface area contributed by atoms with Gasteiger partial charge in [-0.3, -0.25) is 4.79 Å². The number of aliphatic hydroxyl groups is 1. The summed E-state index contributed by atoms with van der Waals surface area (Å²) >= 11 is 0. The van der Waals surface area contributed by atoms with Crippen LogP contribution in [0, 0.1) is 0 Å². The van der Waals surface area contributed by atoms with E-state index in [1.54, 1.807) is 0 Å². The maximum absolute atomic E-state index is 12.8. The number of ether oxygens (including phenoxy) is 1. The van der Waals surface area contributed by atoms with Gasteiger partial charge in [0.25, 0.3) is 0 Å². The fraction of sp³-hybridized carbons (Fsp3) is 0.423. The van der Waals surface area contributed by atoms with Gasteiger partial charge < -0.3 is 25.2 Å². The molecule has 2 aromatic rings. The van der Waals surface area contributed by atoms with E-state index in [4.69, 9.17) is 4.74 Å². The van der Waals surface area contributed by atoms with Crippen molar-refractivity contribution in [3.05, 3.63) is 59.7 Å². The summed E-state index contributed by atoms with van der Waals surface area (Å²) in [6, 6.07) is 16.2. The summed E-state index contributed by atoms with van der Waals surface area (Å²) < 4.78 is 5.61. The Balaban J connectivity index is 1.19. The Hall–Kier alpha value is -3.39. The Morgan fingerprint density at radius 1 is 1.00 bits per heavy atom. The number of hydrogen-bond acceptors (Lipinski definition) is 5. The minimum absolute atomic E-state index is 0.0445.